The fourth-order valence-electron chi connectivity index (χ4n) is 4.25. The van der Waals surface area contributed by atoms with Crippen molar-refractivity contribution in [2.45, 2.75) is 0 Å². The van der Waals surface area contributed by atoms with Gasteiger partial charge in [0.05, 0.1) is 11.1 Å². The van der Waals surface area contributed by atoms with Crippen LogP contribution in [0.4, 0.5) is 35.1 Å². The third kappa shape index (κ3) is 3.05. The molecule has 0 heterocycles. The Hall–Kier alpha value is -3.94. The SMILES string of the molecule is Fc1cc(F)c(F)c(-c2c3ccccc3c(-c3c(F)c(F)cc(F)c3F)c3ccccc23)c1F. The lowest BCUT2D eigenvalue weighted by Gasteiger charge is -2.19. The summed E-state index contributed by atoms with van der Waals surface area (Å²) in [6, 6.07) is 11.1. The van der Waals surface area contributed by atoms with Gasteiger partial charge in [-0.25, -0.2) is 35.1 Å². The van der Waals surface area contributed by atoms with Gasteiger partial charge in [-0.3, -0.25) is 0 Å². The Labute approximate surface area is 186 Å². The fourth-order valence-corrected chi connectivity index (χ4v) is 4.25. The summed E-state index contributed by atoms with van der Waals surface area (Å²) in [5, 5.41) is -0.213. The maximum atomic E-state index is 14.8. The van der Waals surface area contributed by atoms with Gasteiger partial charge in [0.15, 0.2) is 46.5 Å². The van der Waals surface area contributed by atoms with Crippen LogP contribution in [-0.4, -0.2) is 0 Å². The van der Waals surface area contributed by atoms with Crippen molar-refractivity contribution in [1.82, 2.24) is 0 Å². The average molecular weight is 474 g/mol. The molecule has 0 spiro atoms. The summed E-state index contributed by atoms with van der Waals surface area (Å²) >= 11 is 0. The molecule has 170 valence electrons. The van der Waals surface area contributed by atoms with Crippen molar-refractivity contribution < 1.29 is 35.1 Å². The van der Waals surface area contributed by atoms with E-state index in [-0.39, 0.29) is 44.8 Å². The molecule has 5 aromatic rings. The minimum atomic E-state index is -1.67. The molecule has 0 unspecified atom stereocenters. The van der Waals surface area contributed by atoms with Crippen molar-refractivity contribution in [1.29, 1.82) is 0 Å². The molecular formula is C26H10F8. The number of rotatable bonds is 2. The van der Waals surface area contributed by atoms with Gasteiger partial charge in [0.1, 0.15) is 0 Å². The first-order valence-electron chi connectivity index (χ1n) is 9.82. The second kappa shape index (κ2) is 7.83. The smallest absolute Gasteiger partial charge is 0.169 e. The monoisotopic (exact) mass is 474 g/mol. The molecule has 0 atom stereocenters. The molecule has 0 fully saturated rings. The van der Waals surface area contributed by atoms with Crippen molar-refractivity contribution in [3.05, 3.63) is 107 Å². The second-order valence-electron chi connectivity index (χ2n) is 7.53. The van der Waals surface area contributed by atoms with E-state index in [1.165, 1.54) is 48.5 Å². The Morgan fingerprint density at radius 2 is 0.559 bits per heavy atom. The predicted octanol–water partition coefficient (Wildman–Crippen LogP) is 8.44. The Balaban J connectivity index is 2.08. The van der Waals surface area contributed by atoms with E-state index >= 15 is 0 Å². The molecule has 0 aliphatic rings. The van der Waals surface area contributed by atoms with Crippen LogP contribution in [0.15, 0.2) is 60.7 Å². The number of hydrogen-bond donors (Lipinski definition) is 0. The van der Waals surface area contributed by atoms with E-state index in [0.717, 1.165) is 0 Å². The van der Waals surface area contributed by atoms with Crippen molar-refractivity contribution in [2.75, 3.05) is 0 Å². The highest BCUT2D eigenvalue weighted by Gasteiger charge is 2.28. The van der Waals surface area contributed by atoms with E-state index in [1.54, 1.807) is 0 Å². The van der Waals surface area contributed by atoms with E-state index in [1.807, 2.05) is 0 Å². The molecule has 0 N–H and O–H groups in total. The molecule has 0 saturated heterocycles. The van der Waals surface area contributed by atoms with Crippen LogP contribution < -0.4 is 0 Å². The minimum absolute atomic E-state index is 0.0533. The maximum absolute atomic E-state index is 14.8. The molecule has 5 rings (SSSR count). The van der Waals surface area contributed by atoms with Gasteiger partial charge in [0.2, 0.25) is 0 Å². The summed E-state index contributed by atoms with van der Waals surface area (Å²) in [6.07, 6.45) is 0. The van der Waals surface area contributed by atoms with Gasteiger partial charge in [-0.15, -0.1) is 0 Å². The van der Waals surface area contributed by atoms with E-state index in [2.05, 4.69) is 0 Å². The molecule has 0 saturated carbocycles. The summed E-state index contributed by atoms with van der Waals surface area (Å²) in [5.41, 5.74) is -2.63. The largest absolute Gasteiger partial charge is 0.204 e. The van der Waals surface area contributed by atoms with Crippen molar-refractivity contribution >= 4 is 21.5 Å². The lowest BCUT2D eigenvalue weighted by Crippen LogP contribution is -2.03. The average Bonchev–Trinajstić information content (AvgIpc) is 2.82. The zero-order chi connectivity index (χ0) is 24.3. The Morgan fingerprint density at radius 1 is 0.324 bits per heavy atom. The number of benzene rings is 5. The molecular weight excluding hydrogens is 464 g/mol. The highest BCUT2D eigenvalue weighted by molar-refractivity contribution is 6.21. The van der Waals surface area contributed by atoms with Crippen LogP contribution in [0.25, 0.3) is 43.8 Å². The molecule has 34 heavy (non-hydrogen) atoms. The fraction of sp³-hybridized carbons (Fsp3) is 0. The molecule has 0 bridgehead atoms. The quantitative estimate of drug-likeness (QED) is 0.137. The number of fused-ring (bicyclic) bond motifs is 2. The van der Waals surface area contributed by atoms with Crippen molar-refractivity contribution in [3.63, 3.8) is 0 Å². The summed E-state index contributed by atoms with van der Waals surface area (Å²) < 4.78 is 116. The summed E-state index contributed by atoms with van der Waals surface area (Å²) in [6.45, 7) is 0. The van der Waals surface area contributed by atoms with Gasteiger partial charge in [0, 0.05) is 23.3 Å². The lowest BCUT2D eigenvalue weighted by atomic mass is 9.85. The van der Waals surface area contributed by atoms with Crippen LogP contribution in [-0.2, 0) is 0 Å². The molecule has 0 aromatic heterocycles. The van der Waals surface area contributed by atoms with E-state index in [0.29, 0.717) is 0 Å². The van der Waals surface area contributed by atoms with Crippen molar-refractivity contribution in [2.24, 2.45) is 0 Å². The highest BCUT2D eigenvalue weighted by Crippen LogP contribution is 2.46. The zero-order valence-corrected chi connectivity index (χ0v) is 16.8. The van der Waals surface area contributed by atoms with Crippen molar-refractivity contribution in [3.8, 4) is 22.3 Å². The van der Waals surface area contributed by atoms with E-state index in [4.69, 9.17) is 0 Å². The predicted molar refractivity (Wildman–Crippen MR) is 112 cm³/mol. The van der Waals surface area contributed by atoms with Crippen LogP contribution in [0, 0.1) is 46.5 Å². The van der Waals surface area contributed by atoms with Gasteiger partial charge in [-0.05, 0) is 21.5 Å². The zero-order valence-electron chi connectivity index (χ0n) is 16.8. The van der Waals surface area contributed by atoms with Gasteiger partial charge in [-0.2, -0.15) is 0 Å². The molecule has 8 heteroatoms. The first-order chi connectivity index (χ1) is 16.2. The third-order valence-electron chi connectivity index (χ3n) is 5.66. The summed E-state index contributed by atoms with van der Waals surface area (Å²) in [5.74, 6) is -13.3. The standard InChI is InChI=1S/C26H10F8/c27-15-9-16(28)24(32)21(23(15)31)19-11-5-1-2-6-12(11)20(14-8-4-3-7-13(14)19)22-25(33)17(29)10-18(30)26(22)34/h1-10H. The molecule has 0 radical (unpaired) electrons. The van der Waals surface area contributed by atoms with Gasteiger partial charge in [0.25, 0.3) is 0 Å². The molecule has 0 aliphatic carbocycles. The first-order valence-corrected chi connectivity index (χ1v) is 9.82. The normalized spacial score (nSPS) is 11.5. The van der Waals surface area contributed by atoms with E-state index in [9.17, 15) is 35.1 Å². The Morgan fingerprint density at radius 3 is 0.794 bits per heavy atom. The Bertz CT molecular complexity index is 1410. The van der Waals surface area contributed by atoms with Crippen LogP contribution in [0.2, 0.25) is 0 Å². The second-order valence-corrected chi connectivity index (χ2v) is 7.53. The molecule has 0 aliphatic heterocycles. The number of halogens is 8. The Kier molecular flexibility index (Phi) is 5.04. The maximum Gasteiger partial charge on any atom is 0.169 e. The summed E-state index contributed by atoms with van der Waals surface area (Å²) in [4.78, 5) is 0. The topological polar surface area (TPSA) is 0 Å². The first kappa shape index (κ1) is 21.9. The van der Waals surface area contributed by atoms with Crippen LogP contribution in [0.5, 0.6) is 0 Å². The van der Waals surface area contributed by atoms with Crippen LogP contribution in [0.3, 0.4) is 0 Å². The summed E-state index contributed by atoms with van der Waals surface area (Å²) in [7, 11) is 0. The van der Waals surface area contributed by atoms with Gasteiger partial charge in [-0.1, -0.05) is 48.5 Å². The van der Waals surface area contributed by atoms with Gasteiger partial charge >= 0.3 is 0 Å². The molecule has 5 aromatic carbocycles. The van der Waals surface area contributed by atoms with E-state index < -0.39 is 57.7 Å². The number of hydrogen-bond acceptors (Lipinski definition) is 0. The van der Waals surface area contributed by atoms with Crippen LogP contribution in [0.1, 0.15) is 0 Å². The third-order valence-corrected chi connectivity index (χ3v) is 5.66. The molecule has 0 nitrogen and oxygen atoms in total. The highest BCUT2D eigenvalue weighted by atomic mass is 19.2. The lowest BCUT2D eigenvalue weighted by molar-refractivity contribution is 0.458. The molecule has 0 amide bonds. The van der Waals surface area contributed by atoms with Crippen LogP contribution >= 0.6 is 0 Å². The van der Waals surface area contributed by atoms with Gasteiger partial charge < -0.3 is 0 Å². The minimum Gasteiger partial charge on any atom is -0.204 e.